The molecule has 0 fully saturated rings. The summed E-state index contributed by atoms with van der Waals surface area (Å²) < 4.78 is 5.64. The number of ether oxygens (including phenoxy) is 1. The molecule has 2 rings (SSSR count). The minimum atomic E-state index is 0.279. The van der Waals surface area contributed by atoms with Crippen LogP contribution in [-0.2, 0) is 0 Å². The van der Waals surface area contributed by atoms with Crippen molar-refractivity contribution in [3.05, 3.63) is 52.2 Å². The summed E-state index contributed by atoms with van der Waals surface area (Å²) in [6.45, 7) is 6.12. The van der Waals surface area contributed by atoms with Gasteiger partial charge in [-0.25, -0.2) is 0 Å². The van der Waals surface area contributed by atoms with Gasteiger partial charge in [-0.15, -0.1) is 0 Å². The number of thiophene rings is 1. The Balaban J connectivity index is 2.12. The van der Waals surface area contributed by atoms with E-state index in [0.29, 0.717) is 0 Å². The van der Waals surface area contributed by atoms with Crippen molar-refractivity contribution in [2.45, 2.75) is 32.7 Å². The lowest BCUT2D eigenvalue weighted by Crippen LogP contribution is -2.22. The lowest BCUT2D eigenvalue weighted by molar-refractivity contribution is 0.317. The van der Waals surface area contributed by atoms with Crippen LogP contribution in [0.5, 0.6) is 5.75 Å². The third kappa shape index (κ3) is 4.09. The smallest absolute Gasteiger partial charge is 0.119 e. The van der Waals surface area contributed by atoms with Crippen LogP contribution in [0, 0.1) is 0 Å². The average Bonchev–Trinajstić information content (AvgIpc) is 3.01. The van der Waals surface area contributed by atoms with Crippen LogP contribution in [-0.4, -0.2) is 13.2 Å². The zero-order valence-electron chi connectivity index (χ0n) is 12.3. The van der Waals surface area contributed by atoms with E-state index in [9.17, 15) is 0 Å². The number of benzene rings is 1. The molecular weight excluding hydrogens is 266 g/mol. The summed E-state index contributed by atoms with van der Waals surface area (Å²) in [5.74, 6) is 0.954. The molecule has 1 aromatic carbocycles. The molecule has 0 bridgehead atoms. The molecule has 0 saturated carbocycles. The zero-order valence-corrected chi connectivity index (χ0v) is 13.1. The molecule has 1 heterocycles. The van der Waals surface area contributed by atoms with E-state index in [4.69, 9.17) is 4.74 Å². The van der Waals surface area contributed by atoms with E-state index in [1.807, 2.05) is 0 Å². The topological polar surface area (TPSA) is 21.3 Å². The van der Waals surface area contributed by atoms with Crippen LogP contribution >= 0.6 is 11.3 Å². The molecule has 20 heavy (non-hydrogen) atoms. The number of rotatable bonds is 8. The van der Waals surface area contributed by atoms with Crippen LogP contribution in [0.1, 0.15) is 43.9 Å². The van der Waals surface area contributed by atoms with E-state index in [2.05, 4.69) is 60.3 Å². The molecule has 1 aromatic heterocycles. The highest BCUT2D eigenvalue weighted by Gasteiger charge is 2.13. The van der Waals surface area contributed by atoms with Crippen molar-refractivity contribution in [1.29, 1.82) is 0 Å². The standard InChI is InChI=1S/C17H23NOS/c1-3-10-18-17(15-9-12-20-13-15)14-5-7-16(8-6-14)19-11-4-2/h5-9,12-13,17-18H,3-4,10-11H2,1-2H3. The molecule has 0 amide bonds. The SMILES string of the molecule is CCCNC(c1ccc(OCCC)cc1)c1ccsc1. The summed E-state index contributed by atoms with van der Waals surface area (Å²) in [5, 5.41) is 7.97. The van der Waals surface area contributed by atoms with E-state index in [1.165, 1.54) is 11.1 Å². The van der Waals surface area contributed by atoms with Gasteiger partial charge in [0.1, 0.15) is 5.75 Å². The number of hydrogen-bond donors (Lipinski definition) is 1. The van der Waals surface area contributed by atoms with Crippen LogP contribution in [0.4, 0.5) is 0 Å². The summed E-state index contributed by atoms with van der Waals surface area (Å²) in [7, 11) is 0. The van der Waals surface area contributed by atoms with Gasteiger partial charge < -0.3 is 10.1 Å². The van der Waals surface area contributed by atoms with Gasteiger partial charge in [-0.1, -0.05) is 26.0 Å². The third-order valence-corrected chi connectivity index (χ3v) is 3.86. The average molecular weight is 289 g/mol. The summed E-state index contributed by atoms with van der Waals surface area (Å²) in [6.07, 6.45) is 2.18. The van der Waals surface area contributed by atoms with E-state index in [1.54, 1.807) is 11.3 Å². The largest absolute Gasteiger partial charge is 0.494 e. The van der Waals surface area contributed by atoms with Gasteiger partial charge in [-0.3, -0.25) is 0 Å². The first kappa shape index (κ1) is 15.1. The molecule has 0 radical (unpaired) electrons. The number of nitrogens with one attached hydrogen (secondary N) is 1. The molecule has 3 heteroatoms. The van der Waals surface area contributed by atoms with Gasteiger partial charge in [0.05, 0.1) is 12.6 Å². The molecule has 1 N–H and O–H groups in total. The van der Waals surface area contributed by atoms with Crippen LogP contribution in [0.2, 0.25) is 0 Å². The maximum atomic E-state index is 5.64. The first-order chi connectivity index (χ1) is 9.85. The maximum Gasteiger partial charge on any atom is 0.119 e. The van der Waals surface area contributed by atoms with Gasteiger partial charge in [0.15, 0.2) is 0 Å². The molecule has 2 aromatic rings. The van der Waals surface area contributed by atoms with E-state index < -0.39 is 0 Å². The van der Waals surface area contributed by atoms with Crippen molar-refractivity contribution >= 4 is 11.3 Å². The van der Waals surface area contributed by atoms with E-state index in [0.717, 1.165) is 31.7 Å². The highest BCUT2D eigenvalue weighted by Crippen LogP contribution is 2.25. The fourth-order valence-electron chi connectivity index (χ4n) is 2.13. The van der Waals surface area contributed by atoms with Crippen molar-refractivity contribution < 1.29 is 4.74 Å². The van der Waals surface area contributed by atoms with Gasteiger partial charge >= 0.3 is 0 Å². The minimum absolute atomic E-state index is 0.279. The molecule has 1 atom stereocenters. The Morgan fingerprint density at radius 1 is 1.05 bits per heavy atom. The van der Waals surface area contributed by atoms with Crippen LogP contribution in [0.15, 0.2) is 41.1 Å². The Bertz CT molecular complexity index is 478. The van der Waals surface area contributed by atoms with Gasteiger partial charge in [0.25, 0.3) is 0 Å². The Labute approximate surface area is 125 Å². The van der Waals surface area contributed by atoms with Crippen molar-refractivity contribution in [2.24, 2.45) is 0 Å². The molecular formula is C17H23NOS. The van der Waals surface area contributed by atoms with Gasteiger partial charge in [-0.05, 0) is 59.5 Å². The van der Waals surface area contributed by atoms with Crippen molar-refractivity contribution in [1.82, 2.24) is 5.32 Å². The minimum Gasteiger partial charge on any atom is -0.494 e. The van der Waals surface area contributed by atoms with Crippen molar-refractivity contribution in [3.8, 4) is 5.75 Å². The summed E-state index contributed by atoms with van der Waals surface area (Å²) >= 11 is 1.75. The highest BCUT2D eigenvalue weighted by atomic mass is 32.1. The monoisotopic (exact) mass is 289 g/mol. The van der Waals surface area contributed by atoms with Crippen LogP contribution in [0.25, 0.3) is 0 Å². The molecule has 0 aliphatic rings. The van der Waals surface area contributed by atoms with E-state index in [-0.39, 0.29) is 6.04 Å². The molecule has 0 saturated heterocycles. The number of hydrogen-bond acceptors (Lipinski definition) is 3. The predicted molar refractivity (Wildman–Crippen MR) is 86.7 cm³/mol. The summed E-state index contributed by atoms with van der Waals surface area (Å²) in [6, 6.07) is 10.9. The molecule has 1 unspecified atom stereocenters. The van der Waals surface area contributed by atoms with Crippen LogP contribution < -0.4 is 10.1 Å². The summed E-state index contributed by atoms with van der Waals surface area (Å²) in [4.78, 5) is 0. The van der Waals surface area contributed by atoms with Gasteiger partial charge in [-0.2, -0.15) is 11.3 Å². The molecule has 0 spiro atoms. The second-order valence-corrected chi connectivity index (χ2v) is 5.64. The fourth-order valence-corrected chi connectivity index (χ4v) is 2.82. The maximum absolute atomic E-state index is 5.64. The Morgan fingerprint density at radius 3 is 2.45 bits per heavy atom. The second kappa shape index (κ2) is 8.08. The summed E-state index contributed by atoms with van der Waals surface area (Å²) in [5.41, 5.74) is 2.63. The third-order valence-electron chi connectivity index (χ3n) is 3.16. The molecule has 2 nitrogen and oxygen atoms in total. The van der Waals surface area contributed by atoms with E-state index >= 15 is 0 Å². The lowest BCUT2D eigenvalue weighted by Gasteiger charge is -2.18. The Hall–Kier alpha value is -1.32. The lowest BCUT2D eigenvalue weighted by atomic mass is 10.0. The zero-order chi connectivity index (χ0) is 14.2. The quantitative estimate of drug-likeness (QED) is 0.765. The first-order valence-corrected chi connectivity index (χ1v) is 8.27. The predicted octanol–water partition coefficient (Wildman–Crippen LogP) is 4.63. The van der Waals surface area contributed by atoms with Gasteiger partial charge in [0, 0.05) is 0 Å². The Morgan fingerprint density at radius 2 is 1.85 bits per heavy atom. The van der Waals surface area contributed by atoms with Crippen molar-refractivity contribution in [3.63, 3.8) is 0 Å². The van der Waals surface area contributed by atoms with Crippen LogP contribution in [0.3, 0.4) is 0 Å². The molecule has 0 aliphatic carbocycles. The normalized spacial score (nSPS) is 12.3. The first-order valence-electron chi connectivity index (χ1n) is 7.33. The highest BCUT2D eigenvalue weighted by molar-refractivity contribution is 7.08. The second-order valence-electron chi connectivity index (χ2n) is 4.86. The van der Waals surface area contributed by atoms with Crippen molar-refractivity contribution in [2.75, 3.05) is 13.2 Å². The molecule has 0 aliphatic heterocycles. The molecule has 108 valence electrons. The Kier molecular flexibility index (Phi) is 6.09. The fraction of sp³-hybridized carbons (Fsp3) is 0.412. The van der Waals surface area contributed by atoms with Gasteiger partial charge in [0.2, 0.25) is 0 Å².